The number of carboxylic acid groups (broad SMARTS) is 1. The van der Waals surface area contributed by atoms with Crippen molar-refractivity contribution in [1.29, 1.82) is 0 Å². The molecule has 0 unspecified atom stereocenters. The second-order valence-electron chi connectivity index (χ2n) is 9.57. The lowest BCUT2D eigenvalue weighted by Crippen LogP contribution is -2.42. The standard InChI is InChI=1S/C27H30FN3O5/c1-16-5-10-20-22(30(16)27(34)35-2)11-12-23-25(20)29-24(31(23)19-4-3-13-36-15-19)14-21(26(32)33)17-6-8-18(28)9-7-17/h6-9,11-12,16,19,21H,3-5,10,13-15H2,1-2H3,(H,32,33)/t16-,19-,21+/m0/s1. The molecule has 8 nitrogen and oxygen atoms in total. The highest BCUT2D eigenvalue weighted by atomic mass is 19.1. The number of amides is 1. The van der Waals surface area contributed by atoms with Gasteiger partial charge in [0.25, 0.3) is 0 Å². The molecule has 2 aliphatic heterocycles. The van der Waals surface area contributed by atoms with E-state index in [4.69, 9.17) is 14.5 Å². The summed E-state index contributed by atoms with van der Waals surface area (Å²) < 4.78 is 26.4. The number of fused-ring (bicyclic) bond motifs is 3. The van der Waals surface area contributed by atoms with Crippen LogP contribution >= 0.6 is 0 Å². The van der Waals surface area contributed by atoms with E-state index in [1.54, 1.807) is 4.90 Å². The number of anilines is 1. The molecule has 1 amide bonds. The van der Waals surface area contributed by atoms with Crippen molar-refractivity contribution in [2.45, 2.75) is 57.0 Å². The molecule has 0 spiro atoms. The largest absolute Gasteiger partial charge is 0.481 e. The van der Waals surface area contributed by atoms with E-state index in [0.717, 1.165) is 48.0 Å². The van der Waals surface area contributed by atoms with Gasteiger partial charge < -0.3 is 19.1 Å². The third kappa shape index (κ3) is 4.32. The number of rotatable bonds is 5. The van der Waals surface area contributed by atoms with Crippen molar-refractivity contribution in [2.75, 3.05) is 25.2 Å². The second kappa shape index (κ2) is 9.89. The van der Waals surface area contributed by atoms with Crippen LogP contribution in [0.1, 0.15) is 55.1 Å². The van der Waals surface area contributed by atoms with Crippen LogP contribution in [0.3, 0.4) is 0 Å². The number of ether oxygens (including phenoxy) is 2. The highest BCUT2D eigenvalue weighted by molar-refractivity contribution is 5.95. The number of halogens is 1. The number of aryl methyl sites for hydroxylation is 1. The maximum atomic E-state index is 13.5. The molecule has 9 heteroatoms. The fourth-order valence-corrected chi connectivity index (χ4v) is 5.53. The monoisotopic (exact) mass is 495 g/mol. The number of imidazole rings is 1. The van der Waals surface area contributed by atoms with E-state index in [1.165, 1.54) is 31.4 Å². The number of hydrogen-bond acceptors (Lipinski definition) is 5. The van der Waals surface area contributed by atoms with Crippen molar-refractivity contribution in [2.24, 2.45) is 0 Å². The SMILES string of the molecule is COC(=O)N1c2ccc3c(nc(C[C@@H](C(=O)O)c4ccc(F)cc4)n3[C@H]3CCCOC3)c2CC[C@@H]1C. The molecule has 36 heavy (non-hydrogen) atoms. The molecule has 1 saturated heterocycles. The van der Waals surface area contributed by atoms with Crippen molar-refractivity contribution >= 4 is 28.8 Å². The Hall–Kier alpha value is -3.46. The first-order chi connectivity index (χ1) is 17.4. The van der Waals surface area contributed by atoms with E-state index in [2.05, 4.69) is 4.57 Å². The lowest BCUT2D eigenvalue weighted by molar-refractivity contribution is -0.138. The van der Waals surface area contributed by atoms with Crippen LogP contribution in [0.5, 0.6) is 0 Å². The van der Waals surface area contributed by atoms with Crippen LogP contribution in [0.2, 0.25) is 0 Å². The Labute approximate surface area is 208 Å². The molecular formula is C27H30FN3O5. The topological polar surface area (TPSA) is 93.9 Å². The van der Waals surface area contributed by atoms with E-state index < -0.39 is 23.8 Å². The number of hydrogen-bond donors (Lipinski definition) is 1. The summed E-state index contributed by atoms with van der Waals surface area (Å²) in [6.07, 6.45) is 3.06. The molecule has 0 saturated carbocycles. The number of nitrogens with zero attached hydrogens (tertiary/aromatic N) is 3. The summed E-state index contributed by atoms with van der Waals surface area (Å²) in [6, 6.07) is 9.50. The minimum Gasteiger partial charge on any atom is -0.481 e. The van der Waals surface area contributed by atoms with Gasteiger partial charge in [0.2, 0.25) is 0 Å². The molecule has 5 rings (SSSR count). The lowest BCUT2D eigenvalue weighted by atomic mass is 9.95. The highest BCUT2D eigenvalue weighted by Gasteiger charge is 2.33. The molecule has 1 fully saturated rings. The molecule has 3 heterocycles. The Morgan fingerprint density at radius 3 is 2.67 bits per heavy atom. The molecule has 3 atom stereocenters. The van der Waals surface area contributed by atoms with E-state index in [9.17, 15) is 19.1 Å². The second-order valence-corrected chi connectivity index (χ2v) is 9.57. The molecule has 1 aromatic heterocycles. The van der Waals surface area contributed by atoms with Crippen molar-refractivity contribution in [3.05, 3.63) is 59.2 Å². The fraction of sp³-hybridized carbons (Fsp3) is 0.444. The van der Waals surface area contributed by atoms with Gasteiger partial charge in [-0.15, -0.1) is 0 Å². The van der Waals surface area contributed by atoms with Crippen LogP contribution in [0, 0.1) is 5.82 Å². The number of methoxy groups -OCH3 is 1. The van der Waals surface area contributed by atoms with Crippen LogP contribution in [0.15, 0.2) is 36.4 Å². The molecule has 0 aliphatic carbocycles. The smallest absolute Gasteiger partial charge is 0.414 e. The van der Waals surface area contributed by atoms with Gasteiger partial charge in [-0.3, -0.25) is 9.69 Å². The molecule has 190 valence electrons. The maximum absolute atomic E-state index is 13.5. The first-order valence-electron chi connectivity index (χ1n) is 12.3. The fourth-order valence-electron chi connectivity index (χ4n) is 5.53. The van der Waals surface area contributed by atoms with Crippen LogP contribution < -0.4 is 4.90 Å². The maximum Gasteiger partial charge on any atom is 0.414 e. The number of carbonyl (C=O) groups excluding carboxylic acids is 1. The van der Waals surface area contributed by atoms with E-state index in [0.29, 0.717) is 24.6 Å². The first kappa shape index (κ1) is 24.2. The van der Waals surface area contributed by atoms with Crippen LogP contribution in [0.25, 0.3) is 11.0 Å². The molecule has 0 radical (unpaired) electrons. The molecule has 1 N–H and O–H groups in total. The number of carboxylic acids is 1. The number of benzene rings is 2. The minimum atomic E-state index is -0.993. The number of carbonyl (C=O) groups is 2. The summed E-state index contributed by atoms with van der Waals surface area (Å²) in [4.78, 5) is 31.5. The molecule has 2 aromatic carbocycles. The third-order valence-corrected chi connectivity index (χ3v) is 7.36. The molecule has 3 aromatic rings. The van der Waals surface area contributed by atoms with Crippen LogP contribution in [-0.2, 0) is 27.1 Å². The lowest BCUT2D eigenvalue weighted by Gasteiger charge is -2.34. The Morgan fingerprint density at radius 2 is 2.00 bits per heavy atom. The highest BCUT2D eigenvalue weighted by Crippen LogP contribution is 2.39. The third-order valence-electron chi connectivity index (χ3n) is 7.36. The summed E-state index contributed by atoms with van der Waals surface area (Å²) >= 11 is 0. The summed E-state index contributed by atoms with van der Waals surface area (Å²) in [5.74, 6) is -1.64. The molecular weight excluding hydrogens is 465 g/mol. The predicted octanol–water partition coefficient (Wildman–Crippen LogP) is 4.85. The first-order valence-corrected chi connectivity index (χ1v) is 12.3. The minimum absolute atomic E-state index is 0.00873. The van der Waals surface area contributed by atoms with Gasteiger partial charge in [0.1, 0.15) is 11.6 Å². The van der Waals surface area contributed by atoms with Crippen molar-refractivity contribution in [3.8, 4) is 0 Å². The van der Waals surface area contributed by atoms with E-state index in [1.807, 2.05) is 19.1 Å². The number of aliphatic carboxylic acids is 1. The molecule has 2 aliphatic rings. The number of aromatic nitrogens is 2. The Morgan fingerprint density at radius 1 is 1.22 bits per heavy atom. The van der Waals surface area contributed by atoms with E-state index in [-0.39, 0.29) is 18.5 Å². The molecule has 0 bridgehead atoms. The average Bonchev–Trinajstić information content (AvgIpc) is 3.26. The van der Waals surface area contributed by atoms with Crippen LogP contribution in [0.4, 0.5) is 14.9 Å². The van der Waals surface area contributed by atoms with Gasteiger partial charge in [-0.1, -0.05) is 12.1 Å². The van der Waals surface area contributed by atoms with Crippen LogP contribution in [-0.4, -0.2) is 53.1 Å². The zero-order chi connectivity index (χ0) is 25.4. The summed E-state index contributed by atoms with van der Waals surface area (Å²) in [7, 11) is 1.37. The van der Waals surface area contributed by atoms with Crippen molar-refractivity contribution < 1.29 is 28.6 Å². The predicted molar refractivity (Wildman–Crippen MR) is 132 cm³/mol. The Balaban J connectivity index is 1.64. The van der Waals surface area contributed by atoms with Crippen molar-refractivity contribution in [3.63, 3.8) is 0 Å². The van der Waals surface area contributed by atoms with Gasteiger partial charge in [-0.25, -0.2) is 14.2 Å². The summed E-state index contributed by atoms with van der Waals surface area (Å²) in [5.41, 5.74) is 3.94. The van der Waals surface area contributed by atoms with Gasteiger partial charge in [-0.2, -0.15) is 0 Å². The van der Waals surface area contributed by atoms with E-state index >= 15 is 0 Å². The summed E-state index contributed by atoms with van der Waals surface area (Å²) in [5, 5.41) is 10.1. The average molecular weight is 496 g/mol. The van der Waals surface area contributed by atoms with Crippen molar-refractivity contribution in [1.82, 2.24) is 9.55 Å². The Bertz CT molecular complexity index is 1280. The Kier molecular flexibility index (Phi) is 6.66. The van der Waals surface area contributed by atoms with Gasteiger partial charge in [0.05, 0.1) is 42.4 Å². The quantitative estimate of drug-likeness (QED) is 0.544. The zero-order valence-electron chi connectivity index (χ0n) is 20.4. The normalized spacial score (nSPS) is 20.7. The van der Waals surface area contributed by atoms with Gasteiger partial charge in [-0.05, 0) is 62.4 Å². The summed E-state index contributed by atoms with van der Waals surface area (Å²) in [6.45, 7) is 3.22. The zero-order valence-corrected chi connectivity index (χ0v) is 20.4. The van der Waals surface area contributed by atoms with Gasteiger partial charge in [0, 0.05) is 24.6 Å². The van der Waals surface area contributed by atoms with Gasteiger partial charge >= 0.3 is 12.1 Å². The van der Waals surface area contributed by atoms with Gasteiger partial charge in [0.15, 0.2) is 0 Å².